The minimum atomic E-state index is -3.84. The smallest absolute Gasteiger partial charge is 0.255 e. The van der Waals surface area contributed by atoms with E-state index in [4.69, 9.17) is 4.74 Å². The largest absolute Gasteiger partial charge is 0.495 e. The minimum absolute atomic E-state index is 0.101. The lowest BCUT2D eigenvalue weighted by Crippen LogP contribution is -2.27. The van der Waals surface area contributed by atoms with E-state index in [1.807, 2.05) is 30.3 Å². The number of rotatable bonds is 9. The van der Waals surface area contributed by atoms with E-state index in [0.29, 0.717) is 24.2 Å². The number of methoxy groups -OCH3 is 1. The first-order chi connectivity index (χ1) is 15.9. The first-order valence-electron chi connectivity index (χ1n) is 10.2. The summed E-state index contributed by atoms with van der Waals surface area (Å²) in [5.41, 5.74) is 1.82. The topological polar surface area (TPSA) is 114 Å². The Balaban J connectivity index is 1.76. The summed E-state index contributed by atoms with van der Waals surface area (Å²) in [7, 11) is -1.23. The standard InChI is InChI=1S/C24H25N3O5S/c1-25-33(30,31)22-16-18(12-13-21(22)32-2)23(28)27-20-11-7-6-10-19(20)24(29)26-15-14-17-8-4-3-5-9-17/h3-13,16,25H,14-15H2,1-2H3,(H,26,29)(H,27,28). The van der Waals surface area contributed by atoms with Gasteiger partial charge in [-0.3, -0.25) is 9.59 Å². The van der Waals surface area contributed by atoms with Crippen LogP contribution < -0.4 is 20.1 Å². The number of anilines is 1. The predicted octanol–water partition coefficient (Wildman–Crippen LogP) is 2.83. The third-order valence-electron chi connectivity index (χ3n) is 4.95. The molecule has 0 saturated carbocycles. The summed E-state index contributed by atoms with van der Waals surface area (Å²) < 4.78 is 31.9. The van der Waals surface area contributed by atoms with Gasteiger partial charge in [0.1, 0.15) is 10.6 Å². The Morgan fingerprint density at radius 1 is 0.909 bits per heavy atom. The fourth-order valence-corrected chi connectivity index (χ4v) is 4.10. The van der Waals surface area contributed by atoms with Crippen LogP contribution in [0.15, 0.2) is 77.7 Å². The van der Waals surface area contributed by atoms with E-state index >= 15 is 0 Å². The molecule has 0 heterocycles. The van der Waals surface area contributed by atoms with Crippen LogP contribution in [-0.4, -0.2) is 40.9 Å². The van der Waals surface area contributed by atoms with Crippen LogP contribution in [0.2, 0.25) is 0 Å². The van der Waals surface area contributed by atoms with E-state index in [1.165, 1.54) is 32.4 Å². The summed E-state index contributed by atoms with van der Waals surface area (Å²) in [4.78, 5) is 25.4. The maximum Gasteiger partial charge on any atom is 0.255 e. The highest BCUT2D eigenvalue weighted by Gasteiger charge is 2.21. The number of sulfonamides is 1. The highest BCUT2D eigenvalue weighted by Crippen LogP contribution is 2.25. The van der Waals surface area contributed by atoms with Gasteiger partial charge in [0.05, 0.1) is 18.4 Å². The summed E-state index contributed by atoms with van der Waals surface area (Å²) in [6.45, 7) is 0.439. The van der Waals surface area contributed by atoms with E-state index < -0.39 is 15.9 Å². The lowest BCUT2D eigenvalue weighted by Gasteiger charge is -2.13. The Labute approximate surface area is 193 Å². The quantitative estimate of drug-likeness (QED) is 0.448. The first-order valence-corrected chi connectivity index (χ1v) is 11.7. The molecule has 0 radical (unpaired) electrons. The maximum absolute atomic E-state index is 12.9. The third-order valence-corrected chi connectivity index (χ3v) is 6.38. The van der Waals surface area contributed by atoms with Gasteiger partial charge < -0.3 is 15.4 Å². The van der Waals surface area contributed by atoms with Crippen molar-refractivity contribution in [2.75, 3.05) is 26.0 Å². The monoisotopic (exact) mass is 467 g/mol. The zero-order valence-corrected chi connectivity index (χ0v) is 19.1. The number of hydrogen-bond donors (Lipinski definition) is 3. The molecule has 3 N–H and O–H groups in total. The van der Waals surface area contributed by atoms with E-state index in [-0.39, 0.29) is 22.1 Å². The summed E-state index contributed by atoms with van der Waals surface area (Å²) >= 11 is 0. The van der Waals surface area contributed by atoms with Crippen molar-refractivity contribution in [2.24, 2.45) is 0 Å². The number of para-hydroxylation sites is 1. The van der Waals surface area contributed by atoms with Gasteiger partial charge in [0.2, 0.25) is 10.0 Å². The molecule has 3 aromatic carbocycles. The van der Waals surface area contributed by atoms with Crippen molar-refractivity contribution in [1.82, 2.24) is 10.0 Å². The molecule has 172 valence electrons. The fourth-order valence-electron chi connectivity index (χ4n) is 3.18. The number of ether oxygens (including phenoxy) is 1. The molecule has 0 aliphatic rings. The lowest BCUT2D eigenvalue weighted by molar-refractivity contribution is 0.0955. The highest BCUT2D eigenvalue weighted by molar-refractivity contribution is 7.89. The molecule has 8 nitrogen and oxygen atoms in total. The van der Waals surface area contributed by atoms with Gasteiger partial charge >= 0.3 is 0 Å². The number of hydrogen-bond acceptors (Lipinski definition) is 5. The molecule has 0 spiro atoms. The molecule has 2 amide bonds. The number of amides is 2. The van der Waals surface area contributed by atoms with Gasteiger partial charge in [-0.2, -0.15) is 0 Å². The summed E-state index contributed by atoms with van der Waals surface area (Å²) in [5, 5.41) is 5.55. The molecule has 33 heavy (non-hydrogen) atoms. The summed E-state index contributed by atoms with van der Waals surface area (Å²) in [5.74, 6) is -0.774. The predicted molar refractivity (Wildman–Crippen MR) is 126 cm³/mol. The van der Waals surface area contributed by atoms with Crippen molar-refractivity contribution in [3.63, 3.8) is 0 Å². The van der Waals surface area contributed by atoms with Crippen LogP contribution in [-0.2, 0) is 16.4 Å². The molecule has 3 aromatic rings. The van der Waals surface area contributed by atoms with E-state index in [0.717, 1.165) is 5.56 Å². The minimum Gasteiger partial charge on any atom is -0.495 e. The van der Waals surface area contributed by atoms with Crippen molar-refractivity contribution in [2.45, 2.75) is 11.3 Å². The number of carbonyl (C=O) groups is 2. The molecule has 0 aromatic heterocycles. The van der Waals surface area contributed by atoms with Gasteiger partial charge in [0.25, 0.3) is 11.8 Å². The Kier molecular flexibility index (Phi) is 7.81. The van der Waals surface area contributed by atoms with Crippen LogP contribution in [0.4, 0.5) is 5.69 Å². The summed E-state index contributed by atoms with van der Waals surface area (Å²) in [6.07, 6.45) is 0.676. The molecule has 0 fully saturated rings. The van der Waals surface area contributed by atoms with Gasteiger partial charge in [0.15, 0.2) is 0 Å². The molecule has 0 aliphatic carbocycles. The second-order valence-corrected chi connectivity index (χ2v) is 8.92. The van der Waals surface area contributed by atoms with Crippen molar-refractivity contribution < 1.29 is 22.7 Å². The molecule has 0 aliphatic heterocycles. The van der Waals surface area contributed by atoms with Crippen LogP contribution >= 0.6 is 0 Å². The lowest BCUT2D eigenvalue weighted by atomic mass is 10.1. The van der Waals surface area contributed by atoms with Crippen molar-refractivity contribution in [3.8, 4) is 5.75 Å². The van der Waals surface area contributed by atoms with Gasteiger partial charge in [-0.1, -0.05) is 42.5 Å². The number of nitrogens with one attached hydrogen (secondary N) is 3. The zero-order valence-electron chi connectivity index (χ0n) is 18.3. The molecular weight excluding hydrogens is 442 g/mol. The van der Waals surface area contributed by atoms with Crippen molar-refractivity contribution in [3.05, 3.63) is 89.5 Å². The molecule has 0 unspecified atom stereocenters. The number of benzene rings is 3. The normalized spacial score (nSPS) is 11.0. The van der Waals surface area contributed by atoms with Crippen LogP contribution in [0.3, 0.4) is 0 Å². The SMILES string of the molecule is CNS(=O)(=O)c1cc(C(=O)Nc2ccccc2C(=O)NCCc2ccccc2)ccc1OC. The Morgan fingerprint density at radius 2 is 1.61 bits per heavy atom. The van der Waals surface area contributed by atoms with E-state index in [2.05, 4.69) is 15.4 Å². The van der Waals surface area contributed by atoms with E-state index in [9.17, 15) is 18.0 Å². The van der Waals surface area contributed by atoms with Crippen LogP contribution in [0.25, 0.3) is 0 Å². The maximum atomic E-state index is 12.9. The Bertz CT molecular complexity index is 1240. The zero-order chi connectivity index (χ0) is 23.8. The summed E-state index contributed by atoms with van der Waals surface area (Å²) in [6, 6.07) is 20.5. The van der Waals surface area contributed by atoms with Gasteiger partial charge in [-0.05, 0) is 49.4 Å². The van der Waals surface area contributed by atoms with Crippen molar-refractivity contribution >= 4 is 27.5 Å². The van der Waals surface area contributed by atoms with E-state index in [1.54, 1.807) is 24.3 Å². The Hall–Kier alpha value is -3.69. The van der Waals surface area contributed by atoms with Gasteiger partial charge in [-0.15, -0.1) is 0 Å². The molecule has 9 heteroatoms. The molecule has 0 atom stereocenters. The van der Waals surface area contributed by atoms with Crippen LogP contribution in [0, 0.1) is 0 Å². The highest BCUT2D eigenvalue weighted by atomic mass is 32.2. The molecule has 0 saturated heterocycles. The Morgan fingerprint density at radius 3 is 2.30 bits per heavy atom. The second-order valence-electron chi connectivity index (χ2n) is 7.06. The van der Waals surface area contributed by atoms with Gasteiger partial charge in [0, 0.05) is 12.1 Å². The molecular formula is C24H25N3O5S. The first kappa shape index (κ1) is 24.0. The molecule has 0 bridgehead atoms. The second kappa shape index (κ2) is 10.8. The fraction of sp³-hybridized carbons (Fsp3) is 0.167. The average molecular weight is 468 g/mol. The number of carbonyl (C=O) groups excluding carboxylic acids is 2. The van der Waals surface area contributed by atoms with Crippen LogP contribution in [0.5, 0.6) is 5.75 Å². The van der Waals surface area contributed by atoms with Gasteiger partial charge in [-0.25, -0.2) is 13.1 Å². The molecule has 3 rings (SSSR count). The average Bonchev–Trinajstić information content (AvgIpc) is 2.84. The third kappa shape index (κ3) is 5.97. The van der Waals surface area contributed by atoms with Crippen molar-refractivity contribution in [1.29, 1.82) is 0 Å². The van der Waals surface area contributed by atoms with Crippen LogP contribution in [0.1, 0.15) is 26.3 Å².